The van der Waals surface area contributed by atoms with Crippen LogP contribution in [0.4, 0.5) is 0 Å². The summed E-state index contributed by atoms with van der Waals surface area (Å²) in [5.41, 5.74) is 4.96. The highest BCUT2D eigenvalue weighted by Gasteiger charge is 2.12. The topological polar surface area (TPSA) is 59.3 Å². The first kappa shape index (κ1) is 12.5. The van der Waals surface area contributed by atoms with Crippen molar-refractivity contribution in [3.8, 4) is 0 Å². The van der Waals surface area contributed by atoms with Gasteiger partial charge in [-0.1, -0.05) is 0 Å². The molecule has 2 rings (SSSR count). The lowest BCUT2D eigenvalue weighted by Crippen LogP contribution is -2.19. The maximum atomic E-state index is 11.3. The van der Waals surface area contributed by atoms with Crippen LogP contribution in [0.2, 0.25) is 0 Å². The minimum atomic E-state index is 0.0468. The maximum Gasteiger partial charge on any atom is 0.220 e. The van der Waals surface area contributed by atoms with Crippen molar-refractivity contribution in [2.45, 2.75) is 33.6 Å². The SMILES string of the molecule is CNC(=O)CCc1c(C)nc2cc(C)nn2c1C. The normalized spacial score (nSPS) is 10.9. The van der Waals surface area contributed by atoms with Gasteiger partial charge in [0.05, 0.1) is 5.69 Å². The number of nitrogens with one attached hydrogen (secondary N) is 1. The average Bonchev–Trinajstić information content (AvgIpc) is 2.69. The Morgan fingerprint density at radius 2 is 2.11 bits per heavy atom. The highest BCUT2D eigenvalue weighted by atomic mass is 16.1. The van der Waals surface area contributed by atoms with Crippen LogP contribution in [0.25, 0.3) is 5.65 Å². The van der Waals surface area contributed by atoms with E-state index in [1.54, 1.807) is 7.05 Å². The molecule has 0 saturated heterocycles. The summed E-state index contributed by atoms with van der Waals surface area (Å²) in [5, 5.41) is 7.05. The number of carbonyl (C=O) groups is 1. The summed E-state index contributed by atoms with van der Waals surface area (Å²) < 4.78 is 1.85. The number of hydrogen-bond donors (Lipinski definition) is 1. The summed E-state index contributed by atoms with van der Waals surface area (Å²) in [7, 11) is 1.65. The Bertz CT molecular complexity index is 601. The van der Waals surface area contributed by atoms with Crippen molar-refractivity contribution >= 4 is 11.6 Å². The quantitative estimate of drug-likeness (QED) is 0.889. The molecule has 2 aromatic rings. The first-order valence-corrected chi connectivity index (χ1v) is 6.06. The van der Waals surface area contributed by atoms with Crippen molar-refractivity contribution in [1.82, 2.24) is 19.9 Å². The first-order valence-electron chi connectivity index (χ1n) is 6.06. The molecule has 5 nitrogen and oxygen atoms in total. The van der Waals surface area contributed by atoms with Crippen LogP contribution < -0.4 is 5.32 Å². The van der Waals surface area contributed by atoms with E-state index in [1.165, 1.54) is 0 Å². The van der Waals surface area contributed by atoms with Gasteiger partial charge in [-0.3, -0.25) is 4.79 Å². The molecule has 0 saturated carbocycles. The lowest BCUT2D eigenvalue weighted by Gasteiger charge is -2.10. The van der Waals surface area contributed by atoms with Crippen molar-refractivity contribution < 1.29 is 4.79 Å². The molecule has 0 aliphatic heterocycles. The van der Waals surface area contributed by atoms with Crippen molar-refractivity contribution in [3.05, 3.63) is 28.7 Å². The molecule has 0 fully saturated rings. The summed E-state index contributed by atoms with van der Waals surface area (Å²) >= 11 is 0. The van der Waals surface area contributed by atoms with Crippen LogP contribution in [-0.4, -0.2) is 27.6 Å². The maximum absolute atomic E-state index is 11.3. The Hall–Kier alpha value is -1.91. The van der Waals surface area contributed by atoms with Crippen LogP contribution in [0.5, 0.6) is 0 Å². The molecule has 0 aromatic carbocycles. The Kier molecular flexibility index (Phi) is 3.32. The van der Waals surface area contributed by atoms with E-state index in [4.69, 9.17) is 0 Å². The number of rotatable bonds is 3. The Morgan fingerprint density at radius 1 is 1.39 bits per heavy atom. The van der Waals surface area contributed by atoms with Crippen LogP contribution >= 0.6 is 0 Å². The monoisotopic (exact) mass is 246 g/mol. The molecule has 96 valence electrons. The van der Waals surface area contributed by atoms with Gasteiger partial charge in [-0.25, -0.2) is 9.50 Å². The molecular formula is C13H18N4O. The standard InChI is InChI=1S/C13H18N4O/c1-8-7-12-15-9(2)11(5-6-13(18)14-4)10(3)17(12)16-8/h7H,5-6H2,1-4H3,(H,14,18). The van der Waals surface area contributed by atoms with Crippen LogP contribution in [0, 0.1) is 20.8 Å². The summed E-state index contributed by atoms with van der Waals surface area (Å²) in [5.74, 6) is 0.0468. The second-order valence-corrected chi connectivity index (χ2v) is 4.49. The van der Waals surface area contributed by atoms with E-state index < -0.39 is 0 Å². The van der Waals surface area contributed by atoms with Gasteiger partial charge in [-0.05, 0) is 32.8 Å². The van der Waals surface area contributed by atoms with E-state index in [9.17, 15) is 4.79 Å². The van der Waals surface area contributed by atoms with Crippen molar-refractivity contribution in [1.29, 1.82) is 0 Å². The minimum Gasteiger partial charge on any atom is -0.359 e. The lowest BCUT2D eigenvalue weighted by molar-refractivity contribution is -0.120. The van der Waals surface area contributed by atoms with Gasteiger partial charge in [-0.2, -0.15) is 5.10 Å². The minimum absolute atomic E-state index is 0.0468. The third-order valence-corrected chi connectivity index (χ3v) is 3.17. The number of nitrogens with zero attached hydrogens (tertiary/aromatic N) is 3. The Morgan fingerprint density at radius 3 is 2.78 bits per heavy atom. The Balaban J connectivity index is 2.40. The average molecular weight is 246 g/mol. The van der Waals surface area contributed by atoms with Crippen LogP contribution in [0.3, 0.4) is 0 Å². The van der Waals surface area contributed by atoms with Crippen LogP contribution in [0.15, 0.2) is 6.07 Å². The van der Waals surface area contributed by atoms with Gasteiger partial charge in [-0.15, -0.1) is 0 Å². The van der Waals surface area contributed by atoms with E-state index in [2.05, 4.69) is 15.4 Å². The smallest absolute Gasteiger partial charge is 0.220 e. The molecule has 0 aliphatic rings. The van der Waals surface area contributed by atoms with Crippen molar-refractivity contribution in [2.24, 2.45) is 0 Å². The molecule has 0 atom stereocenters. The van der Waals surface area contributed by atoms with Gasteiger partial charge in [0, 0.05) is 30.9 Å². The molecule has 2 aromatic heterocycles. The predicted molar refractivity (Wildman–Crippen MR) is 69.6 cm³/mol. The second-order valence-electron chi connectivity index (χ2n) is 4.49. The number of aromatic nitrogens is 3. The summed E-state index contributed by atoms with van der Waals surface area (Å²) in [6, 6.07) is 1.96. The number of hydrogen-bond acceptors (Lipinski definition) is 3. The molecule has 0 bridgehead atoms. The second kappa shape index (κ2) is 4.76. The molecule has 2 heterocycles. The third-order valence-electron chi connectivity index (χ3n) is 3.17. The molecule has 5 heteroatoms. The van der Waals surface area contributed by atoms with E-state index in [1.807, 2.05) is 31.4 Å². The Labute approximate surface area is 106 Å². The molecule has 0 spiro atoms. The fourth-order valence-corrected chi connectivity index (χ4v) is 2.17. The van der Waals surface area contributed by atoms with E-state index in [-0.39, 0.29) is 5.91 Å². The van der Waals surface area contributed by atoms with Gasteiger partial charge >= 0.3 is 0 Å². The first-order chi connectivity index (χ1) is 8.52. The van der Waals surface area contributed by atoms with E-state index >= 15 is 0 Å². The molecule has 1 amide bonds. The van der Waals surface area contributed by atoms with Gasteiger partial charge in [0.2, 0.25) is 5.91 Å². The molecule has 18 heavy (non-hydrogen) atoms. The van der Waals surface area contributed by atoms with Crippen LogP contribution in [0.1, 0.15) is 29.1 Å². The number of amides is 1. The predicted octanol–water partition coefficient (Wildman–Crippen LogP) is 1.33. The third kappa shape index (κ3) is 2.20. The summed E-state index contributed by atoms with van der Waals surface area (Å²) in [6.45, 7) is 5.95. The zero-order chi connectivity index (χ0) is 13.3. The number of carbonyl (C=O) groups excluding carboxylic acids is 1. The highest BCUT2D eigenvalue weighted by molar-refractivity contribution is 5.75. The lowest BCUT2D eigenvalue weighted by atomic mass is 10.1. The van der Waals surface area contributed by atoms with Crippen LogP contribution in [-0.2, 0) is 11.2 Å². The van der Waals surface area contributed by atoms with E-state index in [0.29, 0.717) is 12.8 Å². The molecule has 0 aliphatic carbocycles. The van der Waals surface area contributed by atoms with Gasteiger partial charge in [0.15, 0.2) is 5.65 Å². The van der Waals surface area contributed by atoms with Gasteiger partial charge in [0.25, 0.3) is 0 Å². The highest BCUT2D eigenvalue weighted by Crippen LogP contribution is 2.16. The molecule has 0 radical (unpaired) electrons. The van der Waals surface area contributed by atoms with Gasteiger partial charge in [0.1, 0.15) is 0 Å². The zero-order valence-corrected chi connectivity index (χ0v) is 11.2. The number of fused-ring (bicyclic) bond motifs is 1. The number of aryl methyl sites for hydroxylation is 3. The fourth-order valence-electron chi connectivity index (χ4n) is 2.17. The van der Waals surface area contributed by atoms with Crippen molar-refractivity contribution in [3.63, 3.8) is 0 Å². The summed E-state index contributed by atoms with van der Waals surface area (Å²) in [4.78, 5) is 15.9. The molecular weight excluding hydrogens is 228 g/mol. The summed E-state index contributed by atoms with van der Waals surface area (Å²) in [6.07, 6.45) is 1.17. The fraction of sp³-hybridized carbons (Fsp3) is 0.462. The molecule has 1 N–H and O–H groups in total. The molecule has 0 unspecified atom stereocenters. The van der Waals surface area contributed by atoms with Crippen molar-refractivity contribution in [2.75, 3.05) is 7.05 Å². The van der Waals surface area contributed by atoms with E-state index in [0.717, 1.165) is 28.3 Å². The van der Waals surface area contributed by atoms with Gasteiger partial charge < -0.3 is 5.32 Å². The largest absolute Gasteiger partial charge is 0.359 e. The zero-order valence-electron chi connectivity index (χ0n) is 11.2.